The van der Waals surface area contributed by atoms with Crippen LogP contribution in [0, 0.1) is 0 Å². The zero-order valence-electron chi connectivity index (χ0n) is 15.4. The van der Waals surface area contributed by atoms with Gasteiger partial charge in [-0.05, 0) is 37.1 Å². The van der Waals surface area contributed by atoms with Crippen molar-refractivity contribution in [3.05, 3.63) is 54.4 Å². The van der Waals surface area contributed by atoms with Gasteiger partial charge in [0, 0.05) is 30.9 Å². The minimum Gasteiger partial charge on any atom is -0.487 e. The second-order valence-corrected chi connectivity index (χ2v) is 6.67. The summed E-state index contributed by atoms with van der Waals surface area (Å²) in [5.74, 6) is 0.531. The Morgan fingerprint density at radius 2 is 2.00 bits per heavy atom. The van der Waals surface area contributed by atoms with Gasteiger partial charge in [0.2, 0.25) is 11.8 Å². The standard InChI is InChI=1S/C21H25N3O3/c25-20(15-24-13-6-2-1-3-11-21(24)26)23-17-9-7-10-19(14-17)27-16-18-8-4-5-12-22-18/h4-5,7-10,12,14H,1-3,6,11,13,15-16H2,(H,23,25). The Balaban J connectivity index is 1.53. The maximum absolute atomic E-state index is 12.4. The predicted molar refractivity (Wildman–Crippen MR) is 103 cm³/mol. The molecule has 27 heavy (non-hydrogen) atoms. The van der Waals surface area contributed by atoms with E-state index >= 15 is 0 Å². The second kappa shape index (κ2) is 9.71. The first-order valence-electron chi connectivity index (χ1n) is 9.41. The number of nitrogens with one attached hydrogen (secondary N) is 1. The molecule has 0 aliphatic carbocycles. The summed E-state index contributed by atoms with van der Waals surface area (Å²) in [6, 6.07) is 12.9. The summed E-state index contributed by atoms with van der Waals surface area (Å²) < 4.78 is 5.73. The maximum Gasteiger partial charge on any atom is 0.243 e. The molecular formula is C21H25N3O3. The molecule has 1 N–H and O–H groups in total. The molecule has 0 saturated carbocycles. The first-order valence-corrected chi connectivity index (χ1v) is 9.41. The number of benzene rings is 1. The third kappa shape index (κ3) is 6.09. The predicted octanol–water partition coefficient (Wildman–Crippen LogP) is 3.39. The van der Waals surface area contributed by atoms with Gasteiger partial charge in [-0.15, -0.1) is 0 Å². The third-order valence-electron chi connectivity index (χ3n) is 4.49. The first-order chi connectivity index (χ1) is 13.2. The van der Waals surface area contributed by atoms with Crippen molar-refractivity contribution in [3.63, 3.8) is 0 Å². The molecule has 1 fully saturated rings. The number of ether oxygens (including phenoxy) is 1. The highest BCUT2D eigenvalue weighted by Crippen LogP contribution is 2.19. The highest BCUT2D eigenvalue weighted by Gasteiger charge is 2.18. The van der Waals surface area contributed by atoms with Gasteiger partial charge in [0.15, 0.2) is 0 Å². The van der Waals surface area contributed by atoms with Crippen LogP contribution in [-0.4, -0.2) is 34.8 Å². The van der Waals surface area contributed by atoms with Crippen LogP contribution in [0.5, 0.6) is 5.75 Å². The minimum atomic E-state index is -0.189. The number of carbonyl (C=O) groups excluding carboxylic acids is 2. The van der Waals surface area contributed by atoms with Crippen LogP contribution in [-0.2, 0) is 16.2 Å². The molecule has 0 bridgehead atoms. The maximum atomic E-state index is 12.4. The SMILES string of the molecule is O=C(CN1CCCCCCC1=O)Nc1cccc(OCc2ccccn2)c1. The Kier molecular flexibility index (Phi) is 6.79. The highest BCUT2D eigenvalue weighted by atomic mass is 16.5. The molecule has 1 aliphatic heterocycles. The van der Waals surface area contributed by atoms with Crippen molar-refractivity contribution in [3.8, 4) is 5.75 Å². The van der Waals surface area contributed by atoms with E-state index in [1.807, 2.05) is 30.3 Å². The van der Waals surface area contributed by atoms with Gasteiger partial charge in [-0.3, -0.25) is 14.6 Å². The third-order valence-corrected chi connectivity index (χ3v) is 4.49. The molecule has 3 rings (SSSR count). The summed E-state index contributed by atoms with van der Waals surface area (Å²) in [6.07, 6.45) is 6.33. The number of amides is 2. The van der Waals surface area contributed by atoms with E-state index in [9.17, 15) is 9.59 Å². The van der Waals surface area contributed by atoms with Gasteiger partial charge < -0.3 is 15.0 Å². The summed E-state index contributed by atoms with van der Waals surface area (Å²) in [6.45, 7) is 1.11. The zero-order valence-corrected chi connectivity index (χ0v) is 15.4. The summed E-state index contributed by atoms with van der Waals surface area (Å²) in [5, 5.41) is 2.86. The zero-order chi connectivity index (χ0) is 18.9. The molecule has 6 heteroatoms. The van der Waals surface area contributed by atoms with Crippen LogP contribution in [0.3, 0.4) is 0 Å². The molecule has 1 aromatic carbocycles. The van der Waals surface area contributed by atoms with E-state index in [0.29, 0.717) is 31.0 Å². The number of pyridine rings is 1. The number of carbonyl (C=O) groups is 2. The van der Waals surface area contributed by atoms with Crippen molar-refractivity contribution in [2.45, 2.75) is 38.7 Å². The molecule has 6 nitrogen and oxygen atoms in total. The van der Waals surface area contributed by atoms with Crippen LogP contribution in [0.4, 0.5) is 5.69 Å². The molecule has 1 aromatic heterocycles. The molecule has 0 unspecified atom stereocenters. The monoisotopic (exact) mass is 367 g/mol. The number of hydrogen-bond acceptors (Lipinski definition) is 4. The number of anilines is 1. The number of nitrogens with zero attached hydrogens (tertiary/aromatic N) is 2. The molecular weight excluding hydrogens is 342 g/mol. The van der Waals surface area contributed by atoms with E-state index in [0.717, 1.165) is 31.4 Å². The molecule has 2 aromatic rings. The van der Waals surface area contributed by atoms with Gasteiger partial charge in [-0.25, -0.2) is 0 Å². The van der Waals surface area contributed by atoms with Crippen LogP contribution in [0.1, 0.15) is 37.8 Å². The summed E-state index contributed by atoms with van der Waals surface area (Å²) in [7, 11) is 0. The Hall–Kier alpha value is -2.89. The first kappa shape index (κ1) is 18.9. The lowest BCUT2D eigenvalue weighted by molar-refractivity contribution is -0.135. The van der Waals surface area contributed by atoms with Crippen LogP contribution in [0.25, 0.3) is 0 Å². The fourth-order valence-electron chi connectivity index (χ4n) is 3.06. The van der Waals surface area contributed by atoms with E-state index in [1.165, 1.54) is 0 Å². The summed E-state index contributed by atoms with van der Waals surface area (Å²) in [4.78, 5) is 30.4. The number of rotatable bonds is 6. The normalized spacial score (nSPS) is 15.0. The van der Waals surface area contributed by atoms with Crippen molar-refractivity contribution < 1.29 is 14.3 Å². The molecule has 142 valence electrons. The molecule has 1 aliphatic rings. The molecule has 0 spiro atoms. The van der Waals surface area contributed by atoms with E-state index in [2.05, 4.69) is 10.3 Å². The molecule has 0 atom stereocenters. The van der Waals surface area contributed by atoms with Gasteiger partial charge in [0.1, 0.15) is 12.4 Å². The fraction of sp³-hybridized carbons (Fsp3) is 0.381. The van der Waals surface area contributed by atoms with Gasteiger partial charge in [-0.2, -0.15) is 0 Å². The van der Waals surface area contributed by atoms with Crippen molar-refractivity contribution in [2.75, 3.05) is 18.4 Å². The molecule has 0 radical (unpaired) electrons. The molecule has 1 saturated heterocycles. The topological polar surface area (TPSA) is 71.5 Å². The Labute approximate surface area is 159 Å². The fourth-order valence-corrected chi connectivity index (χ4v) is 3.06. The number of aromatic nitrogens is 1. The Morgan fingerprint density at radius 3 is 2.85 bits per heavy atom. The van der Waals surface area contributed by atoms with Crippen LogP contribution in [0.15, 0.2) is 48.7 Å². The average molecular weight is 367 g/mol. The number of hydrogen-bond donors (Lipinski definition) is 1. The van der Waals surface area contributed by atoms with Crippen LogP contribution >= 0.6 is 0 Å². The van der Waals surface area contributed by atoms with Crippen molar-refractivity contribution in [1.82, 2.24) is 9.88 Å². The number of likely N-dealkylation sites (tertiary alicyclic amines) is 1. The molecule has 2 amide bonds. The van der Waals surface area contributed by atoms with Gasteiger partial charge in [-0.1, -0.05) is 25.0 Å². The van der Waals surface area contributed by atoms with Crippen LogP contribution < -0.4 is 10.1 Å². The molecule has 2 heterocycles. The summed E-state index contributed by atoms with van der Waals surface area (Å²) in [5.41, 5.74) is 1.49. The van der Waals surface area contributed by atoms with Crippen molar-refractivity contribution in [2.24, 2.45) is 0 Å². The minimum absolute atomic E-state index is 0.0669. The lowest BCUT2D eigenvalue weighted by Gasteiger charge is -2.24. The summed E-state index contributed by atoms with van der Waals surface area (Å²) >= 11 is 0. The second-order valence-electron chi connectivity index (χ2n) is 6.67. The Bertz CT molecular complexity index is 764. The largest absolute Gasteiger partial charge is 0.487 e. The van der Waals surface area contributed by atoms with Gasteiger partial charge >= 0.3 is 0 Å². The van der Waals surface area contributed by atoms with E-state index in [-0.39, 0.29) is 18.4 Å². The van der Waals surface area contributed by atoms with Crippen molar-refractivity contribution >= 4 is 17.5 Å². The van der Waals surface area contributed by atoms with Gasteiger partial charge in [0.05, 0.1) is 12.2 Å². The lowest BCUT2D eigenvalue weighted by atomic mass is 10.1. The quantitative estimate of drug-likeness (QED) is 0.849. The van der Waals surface area contributed by atoms with Crippen molar-refractivity contribution in [1.29, 1.82) is 0 Å². The average Bonchev–Trinajstić information content (AvgIpc) is 2.67. The highest BCUT2D eigenvalue weighted by molar-refractivity contribution is 5.94. The van der Waals surface area contributed by atoms with Gasteiger partial charge in [0.25, 0.3) is 0 Å². The van der Waals surface area contributed by atoms with E-state index in [4.69, 9.17) is 4.74 Å². The Morgan fingerprint density at radius 1 is 1.11 bits per heavy atom. The van der Waals surface area contributed by atoms with E-state index in [1.54, 1.807) is 23.2 Å². The van der Waals surface area contributed by atoms with E-state index < -0.39 is 0 Å². The van der Waals surface area contributed by atoms with Crippen LogP contribution in [0.2, 0.25) is 0 Å². The lowest BCUT2D eigenvalue weighted by Crippen LogP contribution is -2.39. The smallest absolute Gasteiger partial charge is 0.243 e.